The highest BCUT2D eigenvalue weighted by Gasteiger charge is 2.17. The van der Waals surface area contributed by atoms with Crippen LogP contribution < -0.4 is 20.9 Å². The van der Waals surface area contributed by atoms with E-state index in [9.17, 15) is 0 Å². The number of aromatic amines is 4. The summed E-state index contributed by atoms with van der Waals surface area (Å²) in [6, 6.07) is 0. The second kappa shape index (κ2) is 5.78. The third kappa shape index (κ3) is 2.95. The number of tetrazole rings is 3. The number of hydrogen-bond acceptors (Lipinski definition) is 14. The van der Waals surface area contributed by atoms with Crippen LogP contribution in [0.15, 0.2) is 0 Å². The molecular formula is C6H7N18+. The van der Waals surface area contributed by atoms with Crippen molar-refractivity contribution in [3.63, 3.8) is 0 Å². The fraction of sp³-hybridized carbons (Fsp3) is 0. The second-order valence-corrected chi connectivity index (χ2v) is 3.95. The Morgan fingerprint density at radius 2 is 1.04 bits per heavy atom. The number of hydrogen-bond donors (Lipinski definition) is 6. The molecule has 18 nitrogen and oxygen atoms in total. The Morgan fingerprint density at radius 1 is 0.583 bits per heavy atom. The van der Waals surface area contributed by atoms with E-state index in [1.54, 1.807) is 0 Å². The van der Waals surface area contributed by atoms with Crippen LogP contribution in [0.5, 0.6) is 0 Å². The van der Waals surface area contributed by atoms with Gasteiger partial charge in [0.05, 0.1) is 0 Å². The van der Waals surface area contributed by atoms with E-state index in [1.165, 1.54) is 0 Å². The SMILES string of the molecule is n1nc(Nc2nc(Nc3nn[nH]n3)[nH+]c(Nc3nn[nH]n3)n2)n[nH]1. The molecule has 0 unspecified atom stereocenters. The first kappa shape index (κ1) is 13.3. The largest absolute Gasteiger partial charge is 0.329 e. The van der Waals surface area contributed by atoms with E-state index in [1.807, 2.05) is 0 Å². The molecule has 4 heterocycles. The Morgan fingerprint density at radius 3 is 1.46 bits per heavy atom. The smallest absolute Gasteiger partial charge is 0.273 e. The average molecular weight is 331 g/mol. The molecular weight excluding hydrogens is 324 g/mol. The van der Waals surface area contributed by atoms with Crippen molar-refractivity contribution in [1.29, 1.82) is 0 Å². The zero-order valence-electron chi connectivity index (χ0n) is 11.4. The molecule has 120 valence electrons. The van der Waals surface area contributed by atoms with Crippen LogP contribution in [0, 0.1) is 0 Å². The molecule has 4 rings (SSSR count). The maximum absolute atomic E-state index is 4.18. The number of H-pyrrole nitrogens is 4. The van der Waals surface area contributed by atoms with Gasteiger partial charge < -0.3 is 0 Å². The van der Waals surface area contributed by atoms with Crippen LogP contribution in [-0.2, 0) is 0 Å². The quantitative estimate of drug-likeness (QED) is 0.207. The Labute approximate surface area is 129 Å². The van der Waals surface area contributed by atoms with Crippen molar-refractivity contribution >= 4 is 35.7 Å². The Bertz CT molecular complexity index is 744. The van der Waals surface area contributed by atoms with Gasteiger partial charge in [-0.05, 0) is 15.6 Å². The molecule has 0 saturated heterocycles. The highest BCUT2D eigenvalue weighted by molar-refractivity contribution is 5.49. The second-order valence-electron chi connectivity index (χ2n) is 3.95. The number of rotatable bonds is 6. The van der Waals surface area contributed by atoms with Crippen LogP contribution in [0.3, 0.4) is 0 Å². The predicted octanol–water partition coefficient (Wildman–Crippen LogP) is -2.94. The minimum absolute atomic E-state index is 0.145. The topological polar surface area (TPSA) is 239 Å². The first-order valence-electron chi connectivity index (χ1n) is 6.18. The van der Waals surface area contributed by atoms with E-state index >= 15 is 0 Å². The van der Waals surface area contributed by atoms with Gasteiger partial charge in [-0.3, -0.25) is 5.32 Å². The normalized spacial score (nSPS) is 10.5. The zero-order valence-corrected chi connectivity index (χ0v) is 11.4. The Balaban J connectivity index is 1.63. The molecule has 0 aliphatic heterocycles. The van der Waals surface area contributed by atoms with Gasteiger partial charge in [0.2, 0.25) is 0 Å². The standard InChI is InChI=1S/C6H6N18/c7-1(10-4-13-19-20-14-4)8-3(12-6-17-23-24-18-6)9-2(7)11-5-15-21-22-16-5/h(H6,7,8,9,10,11,12,13,14,15,16,17,18,19,20,21,22,23,24)/p+1. The number of anilines is 6. The molecule has 0 radical (unpaired) electrons. The molecule has 0 aliphatic carbocycles. The molecule has 0 amide bonds. The number of nitrogens with one attached hydrogen (secondary N) is 7. The summed E-state index contributed by atoms with van der Waals surface area (Å²) in [6.07, 6.45) is 0. The monoisotopic (exact) mass is 331 g/mol. The molecule has 4 aromatic rings. The number of nitrogens with zero attached hydrogens (tertiary/aromatic N) is 11. The first-order valence-corrected chi connectivity index (χ1v) is 6.18. The predicted molar refractivity (Wildman–Crippen MR) is 71.0 cm³/mol. The van der Waals surface area contributed by atoms with Crippen molar-refractivity contribution in [1.82, 2.24) is 71.8 Å². The third-order valence-electron chi connectivity index (χ3n) is 2.39. The minimum Gasteiger partial charge on any atom is -0.273 e. The van der Waals surface area contributed by atoms with E-state index in [-0.39, 0.29) is 35.7 Å². The highest BCUT2D eigenvalue weighted by Crippen LogP contribution is 2.12. The van der Waals surface area contributed by atoms with Crippen LogP contribution in [0.1, 0.15) is 0 Å². The van der Waals surface area contributed by atoms with Crippen molar-refractivity contribution in [2.24, 2.45) is 0 Å². The van der Waals surface area contributed by atoms with E-state index in [0.717, 1.165) is 0 Å². The lowest BCUT2D eigenvalue weighted by atomic mass is 10.7. The first-order chi connectivity index (χ1) is 11.8. The molecule has 7 N–H and O–H groups in total. The van der Waals surface area contributed by atoms with Gasteiger partial charge in [-0.25, -0.2) is 15.6 Å². The van der Waals surface area contributed by atoms with Crippen molar-refractivity contribution < 1.29 is 4.98 Å². The van der Waals surface area contributed by atoms with Crippen molar-refractivity contribution in [2.45, 2.75) is 0 Å². The summed E-state index contributed by atoms with van der Waals surface area (Å²) in [5.41, 5.74) is 0. The van der Waals surface area contributed by atoms with Crippen molar-refractivity contribution in [3.05, 3.63) is 0 Å². The van der Waals surface area contributed by atoms with Crippen molar-refractivity contribution in [3.8, 4) is 0 Å². The molecule has 0 atom stereocenters. The van der Waals surface area contributed by atoms with Crippen LogP contribution in [0.25, 0.3) is 0 Å². The van der Waals surface area contributed by atoms with Gasteiger partial charge >= 0.3 is 29.7 Å². The maximum atomic E-state index is 4.18. The molecule has 0 spiro atoms. The number of aromatic nitrogens is 15. The van der Waals surface area contributed by atoms with E-state index in [2.05, 4.69) is 92.8 Å². The van der Waals surface area contributed by atoms with E-state index in [4.69, 9.17) is 0 Å². The van der Waals surface area contributed by atoms with E-state index in [0.29, 0.717) is 0 Å². The molecule has 0 saturated carbocycles. The molecule has 0 aliphatic rings. The molecule has 0 fully saturated rings. The van der Waals surface area contributed by atoms with Gasteiger partial charge in [-0.1, -0.05) is 25.3 Å². The Kier molecular flexibility index (Phi) is 3.20. The summed E-state index contributed by atoms with van der Waals surface area (Å²) in [4.78, 5) is 11.2. The minimum atomic E-state index is 0.145. The van der Waals surface area contributed by atoms with Gasteiger partial charge in [-0.2, -0.15) is 15.6 Å². The average Bonchev–Trinajstić information content (AvgIpc) is 3.30. The Hall–Kier alpha value is -4.38. The fourth-order valence-electron chi connectivity index (χ4n) is 1.54. The van der Waals surface area contributed by atoms with Gasteiger partial charge in [0.1, 0.15) is 0 Å². The van der Waals surface area contributed by atoms with Gasteiger partial charge in [0, 0.05) is 0 Å². The van der Waals surface area contributed by atoms with E-state index < -0.39 is 0 Å². The lowest BCUT2D eigenvalue weighted by molar-refractivity contribution is -0.351. The van der Waals surface area contributed by atoms with Crippen LogP contribution in [0.4, 0.5) is 35.7 Å². The molecule has 24 heavy (non-hydrogen) atoms. The lowest BCUT2D eigenvalue weighted by Crippen LogP contribution is -2.21. The van der Waals surface area contributed by atoms with Gasteiger partial charge in [-0.15, -0.1) is 15.3 Å². The molecule has 18 heteroatoms. The summed E-state index contributed by atoms with van der Waals surface area (Å²) in [6.45, 7) is 0. The summed E-state index contributed by atoms with van der Waals surface area (Å²) in [7, 11) is 0. The van der Waals surface area contributed by atoms with Crippen LogP contribution >= 0.6 is 0 Å². The lowest BCUT2D eigenvalue weighted by Gasteiger charge is -2.01. The van der Waals surface area contributed by atoms with Gasteiger partial charge in [0.15, 0.2) is 0 Å². The molecule has 0 bridgehead atoms. The zero-order chi connectivity index (χ0) is 16.2. The fourth-order valence-corrected chi connectivity index (χ4v) is 1.54. The summed E-state index contributed by atoms with van der Waals surface area (Å²) in [5.74, 6) is 1.19. The summed E-state index contributed by atoms with van der Waals surface area (Å²) in [5, 5.41) is 48.1. The van der Waals surface area contributed by atoms with Crippen LogP contribution in [-0.4, -0.2) is 71.8 Å². The summed E-state index contributed by atoms with van der Waals surface area (Å²) >= 11 is 0. The summed E-state index contributed by atoms with van der Waals surface area (Å²) < 4.78 is 0. The molecule has 0 aromatic carbocycles. The van der Waals surface area contributed by atoms with Gasteiger partial charge in [0.25, 0.3) is 5.95 Å². The third-order valence-corrected chi connectivity index (χ3v) is 2.39. The van der Waals surface area contributed by atoms with Crippen molar-refractivity contribution in [2.75, 3.05) is 16.0 Å². The van der Waals surface area contributed by atoms with Crippen LogP contribution in [0.2, 0.25) is 0 Å². The molecule has 4 aromatic heterocycles. The highest BCUT2D eigenvalue weighted by atomic mass is 15.5. The maximum Gasteiger partial charge on any atom is 0.329 e.